The number of nitro groups is 1. The second-order valence-corrected chi connectivity index (χ2v) is 29.8. The fourth-order valence-electron chi connectivity index (χ4n) is 7.21. The molecule has 107 heavy (non-hydrogen) atoms. The first-order valence-corrected chi connectivity index (χ1v) is 37.5. The summed E-state index contributed by atoms with van der Waals surface area (Å²) in [6.45, 7) is 6.18. The predicted octanol–water partition coefficient (Wildman–Crippen LogP) is 7.37. The molecule has 6 aromatic carbocycles. The Morgan fingerprint density at radius 2 is 1.04 bits per heavy atom. The number of nitrogens with two attached hydrogens (primary N) is 4. The van der Waals surface area contributed by atoms with E-state index in [1.54, 1.807) is 42.5 Å². The molecule has 0 saturated heterocycles. The molecular weight excluding hydrogens is 1710 g/mol. The molecule has 0 bridgehead atoms. The summed E-state index contributed by atoms with van der Waals surface area (Å²) < 4.78 is 38.9. The molecule has 0 spiro atoms. The Labute approximate surface area is 741 Å². The molecular formula is C57H45Cl3K2N20O15S10. The van der Waals surface area contributed by atoms with Gasteiger partial charge in [-0.2, -0.15) is 31.6 Å². The second-order valence-electron chi connectivity index (χ2n) is 18.6. The van der Waals surface area contributed by atoms with Crippen LogP contribution in [0.5, 0.6) is 0 Å². The molecule has 13 N–H and O–H groups in total. The van der Waals surface area contributed by atoms with Gasteiger partial charge in [0.1, 0.15) is 37.6 Å². The Bertz CT molecular complexity index is 5340. The van der Waals surface area contributed by atoms with Gasteiger partial charge in [-0.05, 0) is 90.5 Å². The van der Waals surface area contributed by atoms with Crippen LogP contribution in [-0.4, -0.2) is 131 Å². The van der Waals surface area contributed by atoms with Gasteiger partial charge in [0.25, 0.3) is 5.69 Å². The van der Waals surface area contributed by atoms with Gasteiger partial charge in [-0.15, -0.1) is 96.5 Å². The van der Waals surface area contributed by atoms with E-state index in [1.807, 2.05) is 72.8 Å². The Morgan fingerprint density at radius 3 is 1.41 bits per heavy atom. The minimum absolute atomic E-state index is 0. The van der Waals surface area contributed by atoms with Crippen molar-refractivity contribution < 1.29 is 165 Å². The van der Waals surface area contributed by atoms with Crippen molar-refractivity contribution in [3.8, 4) is 12.1 Å². The number of thiol groups is 1. The van der Waals surface area contributed by atoms with Crippen LogP contribution < -0.4 is 131 Å². The molecule has 0 radical (unpaired) electrons. The van der Waals surface area contributed by atoms with Crippen LogP contribution in [-0.2, 0) is 29.8 Å². The molecule has 8 heterocycles. The third-order valence-electron chi connectivity index (χ3n) is 11.4. The number of aromatic nitrogens is 6. The molecule has 6 aromatic heterocycles. The minimum Gasteiger partial charge on any atom is -0.635 e. The molecule has 546 valence electrons. The summed E-state index contributed by atoms with van der Waals surface area (Å²) >= 11 is 32.0. The number of hydrogen-bond donors (Lipinski definition) is 10. The quantitative estimate of drug-likeness (QED) is 0.00548. The van der Waals surface area contributed by atoms with Gasteiger partial charge < -0.3 is 60.3 Å². The van der Waals surface area contributed by atoms with Crippen LogP contribution in [0.2, 0.25) is 13.4 Å². The van der Waals surface area contributed by atoms with Gasteiger partial charge in [0.05, 0.1) is 72.3 Å². The zero-order chi connectivity index (χ0) is 78.1. The Hall–Kier alpha value is -6.63. The van der Waals surface area contributed by atoms with E-state index in [4.69, 9.17) is 129 Å². The van der Waals surface area contributed by atoms with E-state index in [9.17, 15) is 24.5 Å². The van der Waals surface area contributed by atoms with Crippen LogP contribution in [0.3, 0.4) is 0 Å². The smallest absolute Gasteiger partial charge is 0.635 e. The summed E-state index contributed by atoms with van der Waals surface area (Å²) in [4.78, 5) is 88.4. The maximum absolute atomic E-state index is 10.9. The number of non-ortho nitro benzene ring substituents is 1. The van der Waals surface area contributed by atoms with E-state index in [-0.39, 0.29) is 114 Å². The van der Waals surface area contributed by atoms with Gasteiger partial charge in [0, 0.05) is 64.0 Å². The molecule has 0 aliphatic carbocycles. The van der Waals surface area contributed by atoms with Crippen molar-refractivity contribution >= 4 is 267 Å². The van der Waals surface area contributed by atoms with Gasteiger partial charge in [-0.1, -0.05) is 58.1 Å². The fourth-order valence-corrected chi connectivity index (χ4v) is 15.6. The number of nitriles is 2. The number of carbonyl (C=O) groups is 3. The van der Waals surface area contributed by atoms with E-state index in [0.717, 1.165) is 66.5 Å². The number of fused-ring (bicyclic) bond motifs is 6. The van der Waals surface area contributed by atoms with E-state index in [0.29, 0.717) is 67.6 Å². The average Bonchev–Trinajstić information content (AvgIpc) is 1.66. The summed E-state index contributed by atoms with van der Waals surface area (Å²) in [5.74, 6) is -1.71. The fraction of sp³-hybridized carbons (Fsp3) is 0.123. The summed E-state index contributed by atoms with van der Waals surface area (Å²) in [6.07, 6.45) is 0. The van der Waals surface area contributed by atoms with E-state index in [2.05, 4.69) is 67.5 Å². The summed E-state index contributed by atoms with van der Waals surface area (Å²) in [6, 6.07) is 35.7. The average molecular weight is 1760 g/mol. The van der Waals surface area contributed by atoms with Gasteiger partial charge in [-0.25, -0.2) is 39.5 Å². The predicted molar refractivity (Wildman–Crippen MR) is 414 cm³/mol. The third-order valence-corrected chi connectivity index (χ3v) is 20.6. The van der Waals surface area contributed by atoms with Crippen molar-refractivity contribution in [2.24, 2.45) is 26.2 Å². The number of nitrogens with zero attached hydrogens (tertiary/aromatic N) is 16. The largest absolute Gasteiger partial charge is 1.00 e. The van der Waals surface area contributed by atoms with Crippen molar-refractivity contribution in [1.29, 1.82) is 15.8 Å². The number of carboxylic acid groups (broad SMARTS) is 3. The summed E-state index contributed by atoms with van der Waals surface area (Å²) in [7, 11) is -4.67. The van der Waals surface area contributed by atoms with Crippen LogP contribution >= 0.6 is 139 Å². The number of thiazole rings is 6. The van der Waals surface area contributed by atoms with Crippen molar-refractivity contribution in [3.63, 3.8) is 0 Å². The molecule has 0 saturated carbocycles. The zero-order valence-corrected chi connectivity index (χ0v) is 71.1. The number of azide groups is 1. The topological polar surface area (TPSA) is 618 Å². The van der Waals surface area contributed by atoms with E-state index >= 15 is 0 Å². The Balaban J connectivity index is 0.000000417. The maximum atomic E-state index is 10.9. The molecule has 0 unspecified atom stereocenters. The van der Waals surface area contributed by atoms with Crippen LogP contribution in [0.1, 0.15) is 21.9 Å². The number of rotatable bonds is 9. The number of anilines is 3. The number of nitrogen functional groups attached to an aromatic ring is 3. The number of benzene rings is 6. The summed E-state index contributed by atoms with van der Waals surface area (Å²) in [5, 5.41) is 75.0. The van der Waals surface area contributed by atoms with Crippen LogP contribution in [0.15, 0.2) is 136 Å². The minimum atomic E-state index is -4.67. The monoisotopic (exact) mass is 1750 g/mol. The number of thioether (sulfide) groups is 2. The van der Waals surface area contributed by atoms with Gasteiger partial charge in [0.15, 0.2) is 30.5 Å². The van der Waals surface area contributed by atoms with Gasteiger partial charge >= 0.3 is 131 Å². The molecule has 0 amide bonds. The first kappa shape index (κ1) is 96.5. The molecule has 3 atom stereocenters. The molecule has 35 nitrogen and oxygen atoms in total. The van der Waals surface area contributed by atoms with E-state index < -0.39 is 51.4 Å². The van der Waals surface area contributed by atoms with E-state index in [1.165, 1.54) is 116 Å². The molecule has 50 heteroatoms. The first-order valence-electron chi connectivity index (χ1n) is 27.4. The SMILES string of the molecule is CC#N.Clc1nc2ccccc2s1.N#Cc1nc2ccc(N)cc2s1.N[C@H](CS)C(=O)O.Nc1ccc2nc(C3=N[C@@H](C(=O)O)CS3)sc2c1.Nc1ccc2nc(Cl)sc2c1.O=NO[O-].O=S(=O)(O)O.O=[N+]([O-])c1ccc2nc(Cl)sc2c1.[C-]#N.[K+].[K+].[N-]=[N+]=Nc1ccc2nc(C3=N[C@@H](C(=O)O)CS3)sc2c1. The Morgan fingerprint density at radius 1 is 0.673 bits per heavy atom. The number of carboxylic acids is 3. The number of para-hydroxylation sites is 1. The Kier molecular flexibility index (Phi) is 44.6. The van der Waals surface area contributed by atoms with Gasteiger partial charge in [-0.3, -0.25) is 34.0 Å². The first-order chi connectivity index (χ1) is 49.9. The number of aliphatic carboxylic acids is 3. The zero-order valence-electron chi connectivity index (χ0n) is 54.4. The van der Waals surface area contributed by atoms with Crippen molar-refractivity contribution in [2.45, 2.75) is 25.0 Å². The molecule has 14 rings (SSSR count). The van der Waals surface area contributed by atoms with Crippen molar-refractivity contribution in [1.82, 2.24) is 29.9 Å². The molecule has 2 aliphatic heterocycles. The number of hydrogen-bond acceptors (Lipinski definition) is 36. The summed E-state index contributed by atoms with van der Waals surface area (Å²) in [5.41, 5.74) is 38.0. The van der Waals surface area contributed by atoms with Crippen LogP contribution in [0, 0.1) is 49.5 Å². The number of aliphatic imine (C=N–C) groups is 2. The molecule has 0 fully saturated rings. The third kappa shape index (κ3) is 33.6. The van der Waals surface area contributed by atoms with Crippen molar-refractivity contribution in [3.05, 3.63) is 176 Å². The normalized spacial score (nSPS) is 12.7. The second kappa shape index (κ2) is 49.5. The molecule has 12 aromatic rings. The van der Waals surface area contributed by atoms with Gasteiger partial charge in [0.2, 0.25) is 0 Å². The number of halogens is 3. The van der Waals surface area contributed by atoms with Crippen molar-refractivity contribution in [2.75, 3.05) is 34.5 Å². The van der Waals surface area contributed by atoms with Crippen LogP contribution in [0.25, 0.3) is 71.7 Å². The maximum Gasteiger partial charge on any atom is 1.00 e. The van der Waals surface area contributed by atoms with Crippen LogP contribution in [0.4, 0.5) is 28.4 Å². The molecule has 2 aliphatic rings. The number of nitro benzene ring substituents is 1. The standard InChI is InChI=1S/C11H7N5O2S2.C11H9N3O2S2.C8H5N3S.C7H3ClN2O2S.C7H5ClN2S.C7H4ClNS.C3H7NO2S.C2H3N.CN.2K.HNO3.H2O4S/c12-16-15-5-1-2-6-8(3-5)20-10(13-6)9-14-7(4-19-9)11(17)18;12-5-1-2-6-8(3-5)18-10(13-6)9-14-7(4-17-9)11(15)16;9-4-8-11-6-2-1-5(10)3-7(6)12-8;8-7-9-5-2-1-4(10(11)12)3-6(5)13-7;8-7-10-5-2-1-4(9)3-6(5)11-7;8-7-9-5-3-1-2-4-6(5)10-7;4-2(1-7)3(5)6;1-2-3;1-2;;;2-1-4-3;1-5(2,3)4/h1-3,7H,4H2,(H,17,18);1-3,7H,4,12H2,(H,15,16);1-3H,10H2;1-3H;1-3H,9H2;1-4H;2,7H,1,4H2,(H,5,6);1H3;;;;3H;(H2,1,2,3,4)/q;;;;;;;;-1;2*+1;;/p-1/t2*7-;;;;;2-;;;;;;/m11....1....../s1.